The van der Waals surface area contributed by atoms with Crippen molar-refractivity contribution in [3.63, 3.8) is 0 Å². The first-order chi connectivity index (χ1) is 8.22. The smallest absolute Gasteiger partial charge is 0.342 e. The summed E-state index contributed by atoms with van der Waals surface area (Å²) in [5.41, 5.74) is 2.37. The first-order valence-corrected chi connectivity index (χ1v) is 5.38. The summed E-state index contributed by atoms with van der Waals surface area (Å²) < 4.78 is 4.30. The number of ether oxygens (including phenoxy) is 1. The van der Waals surface area contributed by atoms with Crippen LogP contribution in [0.4, 0.5) is 0 Å². The number of rotatable bonds is 1. The highest BCUT2D eigenvalue weighted by Crippen LogP contribution is 2.34. The lowest BCUT2D eigenvalue weighted by molar-refractivity contribution is -0.150. The molecule has 86 valence electrons. The van der Waals surface area contributed by atoms with E-state index >= 15 is 0 Å². The van der Waals surface area contributed by atoms with Gasteiger partial charge < -0.3 is 4.74 Å². The highest BCUT2D eigenvalue weighted by atomic mass is 16.6. The molecule has 1 aliphatic carbocycles. The van der Waals surface area contributed by atoms with Crippen LogP contribution in [0.15, 0.2) is 48.1 Å². The first kappa shape index (κ1) is 11.3. The Bertz CT molecular complexity index is 473. The molecule has 0 radical (unpaired) electrons. The van der Waals surface area contributed by atoms with Gasteiger partial charge in [0.1, 0.15) is 0 Å². The van der Waals surface area contributed by atoms with Crippen molar-refractivity contribution in [2.75, 3.05) is 0 Å². The van der Waals surface area contributed by atoms with E-state index in [0.29, 0.717) is 11.1 Å². The second-order valence-corrected chi connectivity index (χ2v) is 3.75. The average Bonchev–Trinajstić information content (AvgIpc) is 2.47. The Labute approximate surface area is 99.4 Å². The molecule has 0 atom stereocenters. The van der Waals surface area contributed by atoms with Gasteiger partial charge in [-0.3, -0.25) is 0 Å². The molecule has 17 heavy (non-hydrogen) atoms. The van der Waals surface area contributed by atoms with Gasteiger partial charge >= 0.3 is 11.9 Å². The van der Waals surface area contributed by atoms with Crippen molar-refractivity contribution >= 4 is 18.0 Å². The summed E-state index contributed by atoms with van der Waals surface area (Å²) in [6.07, 6.45) is 3.28. The standard InChI is InChI=1S/C8H8.C6H4O3/c1-2-8-6-4-3-5-7-8;7-5-3-1-2-4(3)6(8)9-5/h2-7H,1H2;1-2H2. The summed E-state index contributed by atoms with van der Waals surface area (Å²) >= 11 is 0. The zero-order valence-corrected chi connectivity index (χ0v) is 9.31. The third-order valence-corrected chi connectivity index (χ3v) is 2.70. The fourth-order valence-electron chi connectivity index (χ4n) is 1.62. The number of cyclic esters (lactones) is 2. The van der Waals surface area contributed by atoms with E-state index in [2.05, 4.69) is 11.3 Å². The van der Waals surface area contributed by atoms with Crippen LogP contribution in [0, 0.1) is 0 Å². The Morgan fingerprint density at radius 1 is 1.00 bits per heavy atom. The number of carbonyl (C=O) groups excluding carboxylic acids is 2. The molecule has 1 aliphatic heterocycles. The Kier molecular flexibility index (Phi) is 3.19. The molecule has 1 aromatic rings. The average molecular weight is 228 g/mol. The van der Waals surface area contributed by atoms with Crippen molar-refractivity contribution < 1.29 is 14.3 Å². The Hall–Kier alpha value is -2.16. The predicted molar refractivity (Wildman–Crippen MR) is 63.9 cm³/mol. The van der Waals surface area contributed by atoms with Crippen molar-refractivity contribution in [3.05, 3.63) is 53.6 Å². The van der Waals surface area contributed by atoms with E-state index in [4.69, 9.17) is 0 Å². The quantitative estimate of drug-likeness (QED) is 0.548. The number of hydrogen-bond donors (Lipinski definition) is 0. The van der Waals surface area contributed by atoms with E-state index in [1.807, 2.05) is 36.4 Å². The van der Waals surface area contributed by atoms with Gasteiger partial charge in [-0.2, -0.15) is 0 Å². The molecule has 3 nitrogen and oxygen atoms in total. The summed E-state index contributed by atoms with van der Waals surface area (Å²) in [6, 6.07) is 10.0. The van der Waals surface area contributed by atoms with Crippen molar-refractivity contribution in [2.24, 2.45) is 0 Å². The fourth-order valence-corrected chi connectivity index (χ4v) is 1.62. The lowest BCUT2D eigenvalue weighted by atomic mass is 9.91. The second-order valence-electron chi connectivity index (χ2n) is 3.75. The molecule has 0 N–H and O–H groups in total. The molecular weight excluding hydrogens is 216 g/mol. The molecule has 0 unspecified atom stereocenters. The molecule has 0 spiro atoms. The number of hydrogen-bond acceptors (Lipinski definition) is 3. The third kappa shape index (κ3) is 2.33. The second kappa shape index (κ2) is 4.78. The Morgan fingerprint density at radius 3 is 1.82 bits per heavy atom. The summed E-state index contributed by atoms with van der Waals surface area (Å²) in [7, 11) is 0. The normalized spacial score (nSPS) is 16.5. The van der Waals surface area contributed by atoms with Crippen molar-refractivity contribution in [3.8, 4) is 0 Å². The van der Waals surface area contributed by atoms with Crippen LogP contribution in [-0.4, -0.2) is 11.9 Å². The van der Waals surface area contributed by atoms with Crippen LogP contribution in [0.1, 0.15) is 18.4 Å². The molecule has 1 heterocycles. The van der Waals surface area contributed by atoms with E-state index < -0.39 is 11.9 Å². The topological polar surface area (TPSA) is 43.4 Å². The SMILES string of the molecule is C=Cc1ccccc1.O=C1OC(=O)C2=C1CC2. The van der Waals surface area contributed by atoms with Gasteiger partial charge in [-0.05, 0) is 18.4 Å². The van der Waals surface area contributed by atoms with Crippen LogP contribution in [0.25, 0.3) is 6.08 Å². The largest absolute Gasteiger partial charge is 0.386 e. The lowest BCUT2D eigenvalue weighted by Crippen LogP contribution is -2.05. The van der Waals surface area contributed by atoms with Gasteiger partial charge in [-0.25, -0.2) is 9.59 Å². The van der Waals surface area contributed by atoms with Gasteiger partial charge in [-0.15, -0.1) is 0 Å². The zero-order chi connectivity index (χ0) is 12.3. The zero-order valence-electron chi connectivity index (χ0n) is 9.31. The number of esters is 2. The van der Waals surface area contributed by atoms with Gasteiger partial charge in [0.2, 0.25) is 0 Å². The first-order valence-electron chi connectivity index (χ1n) is 5.38. The van der Waals surface area contributed by atoms with Crippen molar-refractivity contribution in [1.82, 2.24) is 0 Å². The van der Waals surface area contributed by atoms with E-state index in [-0.39, 0.29) is 0 Å². The van der Waals surface area contributed by atoms with Crippen LogP contribution < -0.4 is 0 Å². The Morgan fingerprint density at radius 2 is 1.53 bits per heavy atom. The highest BCUT2D eigenvalue weighted by Gasteiger charge is 2.38. The third-order valence-electron chi connectivity index (χ3n) is 2.70. The van der Waals surface area contributed by atoms with Crippen LogP contribution in [0.2, 0.25) is 0 Å². The molecule has 2 aliphatic rings. The van der Waals surface area contributed by atoms with Crippen molar-refractivity contribution in [2.45, 2.75) is 12.8 Å². The number of carbonyl (C=O) groups is 2. The lowest BCUT2D eigenvalue weighted by Gasteiger charge is -2.07. The molecule has 1 aromatic carbocycles. The van der Waals surface area contributed by atoms with E-state index in [9.17, 15) is 9.59 Å². The minimum atomic E-state index is -0.429. The molecule has 0 aromatic heterocycles. The minimum Gasteiger partial charge on any atom is -0.386 e. The predicted octanol–water partition coefficient (Wildman–Crippen LogP) is 2.49. The van der Waals surface area contributed by atoms with Gasteiger partial charge in [0.25, 0.3) is 0 Å². The van der Waals surface area contributed by atoms with E-state index in [1.54, 1.807) is 0 Å². The summed E-state index contributed by atoms with van der Waals surface area (Å²) in [5, 5.41) is 0. The fraction of sp³-hybridized carbons (Fsp3) is 0.143. The highest BCUT2D eigenvalue weighted by molar-refractivity contribution is 6.14. The maximum Gasteiger partial charge on any atom is 0.342 e. The van der Waals surface area contributed by atoms with Crippen LogP contribution >= 0.6 is 0 Å². The molecule has 0 bridgehead atoms. The van der Waals surface area contributed by atoms with E-state index in [1.165, 1.54) is 5.56 Å². The van der Waals surface area contributed by atoms with Crippen LogP contribution in [0.3, 0.4) is 0 Å². The molecule has 3 rings (SSSR count). The van der Waals surface area contributed by atoms with Gasteiger partial charge in [-0.1, -0.05) is 43.0 Å². The maximum absolute atomic E-state index is 10.5. The summed E-state index contributed by atoms with van der Waals surface area (Å²) in [4.78, 5) is 21.1. The summed E-state index contributed by atoms with van der Waals surface area (Å²) in [6.45, 7) is 3.63. The molecule has 0 saturated heterocycles. The molecular formula is C14H12O3. The molecule has 3 heteroatoms. The van der Waals surface area contributed by atoms with Crippen LogP contribution in [0.5, 0.6) is 0 Å². The van der Waals surface area contributed by atoms with Gasteiger partial charge in [0, 0.05) is 11.1 Å². The van der Waals surface area contributed by atoms with Crippen LogP contribution in [-0.2, 0) is 14.3 Å². The molecule has 0 saturated carbocycles. The molecule has 0 amide bonds. The van der Waals surface area contributed by atoms with Crippen molar-refractivity contribution in [1.29, 1.82) is 0 Å². The monoisotopic (exact) mass is 228 g/mol. The Balaban J connectivity index is 0.000000128. The van der Waals surface area contributed by atoms with Gasteiger partial charge in [0.05, 0.1) is 0 Å². The number of benzene rings is 1. The summed E-state index contributed by atoms with van der Waals surface area (Å²) in [5.74, 6) is -0.859. The van der Waals surface area contributed by atoms with Gasteiger partial charge in [0.15, 0.2) is 0 Å². The molecule has 0 fully saturated rings. The van der Waals surface area contributed by atoms with E-state index in [0.717, 1.165) is 12.8 Å². The maximum atomic E-state index is 10.5. The minimum absolute atomic E-state index is 0.429.